The second kappa shape index (κ2) is 14.4. The third kappa shape index (κ3) is 7.90. The molecule has 0 aliphatic rings. The first-order chi connectivity index (χ1) is 21.7. The molecule has 0 unspecified atom stereocenters. The number of fused-ring (bicyclic) bond motifs is 1. The van der Waals surface area contributed by atoms with E-state index in [0.29, 0.717) is 17.3 Å². The van der Waals surface area contributed by atoms with E-state index in [1.165, 1.54) is 18.2 Å². The summed E-state index contributed by atoms with van der Waals surface area (Å²) in [5.41, 5.74) is 7.16. The summed E-state index contributed by atoms with van der Waals surface area (Å²) in [6, 6.07) is 27.4. The van der Waals surface area contributed by atoms with E-state index in [4.69, 9.17) is 27.9 Å². The van der Waals surface area contributed by atoms with Crippen molar-refractivity contribution in [2.75, 3.05) is 0 Å². The fourth-order valence-electron chi connectivity index (χ4n) is 5.00. The number of hydrogen-bond donors (Lipinski definition) is 2. The van der Waals surface area contributed by atoms with Gasteiger partial charge in [0, 0.05) is 40.1 Å². The Bertz CT molecular complexity index is 1840. The first-order valence-electron chi connectivity index (χ1n) is 14.3. The summed E-state index contributed by atoms with van der Waals surface area (Å²) >= 11 is 12.2. The molecule has 2 amide bonds. The number of carbonyl (C=O) groups excluding carboxylic acids is 2. The predicted molar refractivity (Wildman–Crippen MR) is 177 cm³/mol. The molecule has 230 valence electrons. The zero-order valence-electron chi connectivity index (χ0n) is 24.6. The molecule has 0 fully saturated rings. The Morgan fingerprint density at radius 2 is 1.64 bits per heavy atom. The SMILES string of the molecule is Cc1c(/C=N\NC(=O)[C@@H](Cc2ccccc2)NC(=O)[C@H](C)Oc2ccc(Cl)cc2Cl)c2ccccc2n1Cc1ccc(F)cc1. The van der Waals surface area contributed by atoms with Gasteiger partial charge in [0.25, 0.3) is 11.8 Å². The van der Waals surface area contributed by atoms with E-state index >= 15 is 0 Å². The Kier molecular flexibility index (Phi) is 10.2. The number of hydrazone groups is 1. The van der Waals surface area contributed by atoms with Crippen LogP contribution in [0.5, 0.6) is 5.75 Å². The highest BCUT2D eigenvalue weighted by Gasteiger charge is 2.25. The smallest absolute Gasteiger partial charge is 0.262 e. The minimum absolute atomic E-state index is 0.234. The highest BCUT2D eigenvalue weighted by molar-refractivity contribution is 6.35. The number of para-hydroxylation sites is 1. The number of aromatic nitrogens is 1. The lowest BCUT2D eigenvalue weighted by Crippen LogP contribution is -2.50. The van der Waals surface area contributed by atoms with Crippen molar-refractivity contribution in [2.45, 2.75) is 39.0 Å². The molecule has 10 heteroatoms. The fraction of sp³-hybridized carbons (Fsp3) is 0.171. The molecule has 0 aliphatic heterocycles. The van der Waals surface area contributed by atoms with Crippen LogP contribution >= 0.6 is 23.2 Å². The molecule has 0 saturated carbocycles. The number of hydrogen-bond acceptors (Lipinski definition) is 4. The third-order valence-electron chi connectivity index (χ3n) is 7.38. The molecular formula is C35H31Cl2FN4O3. The van der Waals surface area contributed by atoms with Crippen molar-refractivity contribution in [1.29, 1.82) is 0 Å². The monoisotopic (exact) mass is 644 g/mol. The van der Waals surface area contributed by atoms with Gasteiger partial charge < -0.3 is 14.6 Å². The number of nitrogens with one attached hydrogen (secondary N) is 2. The molecule has 2 N–H and O–H groups in total. The molecule has 7 nitrogen and oxygen atoms in total. The van der Waals surface area contributed by atoms with Crippen molar-refractivity contribution in [3.05, 3.63) is 135 Å². The lowest BCUT2D eigenvalue weighted by atomic mass is 10.1. The van der Waals surface area contributed by atoms with Crippen LogP contribution in [0.25, 0.3) is 10.9 Å². The van der Waals surface area contributed by atoms with Crippen LogP contribution in [0, 0.1) is 12.7 Å². The van der Waals surface area contributed by atoms with Crippen molar-refractivity contribution in [1.82, 2.24) is 15.3 Å². The second-order valence-electron chi connectivity index (χ2n) is 10.5. The fourth-order valence-corrected chi connectivity index (χ4v) is 5.45. The van der Waals surface area contributed by atoms with E-state index < -0.39 is 24.0 Å². The second-order valence-corrected chi connectivity index (χ2v) is 11.4. The highest BCUT2D eigenvalue weighted by Crippen LogP contribution is 2.28. The van der Waals surface area contributed by atoms with Gasteiger partial charge in [-0.2, -0.15) is 5.10 Å². The molecule has 0 aliphatic carbocycles. The summed E-state index contributed by atoms with van der Waals surface area (Å²) in [7, 11) is 0. The maximum Gasteiger partial charge on any atom is 0.262 e. The van der Waals surface area contributed by atoms with Crippen LogP contribution in [-0.4, -0.2) is 34.7 Å². The Morgan fingerprint density at radius 1 is 0.933 bits per heavy atom. The van der Waals surface area contributed by atoms with E-state index in [2.05, 4.69) is 20.4 Å². The van der Waals surface area contributed by atoms with Crippen LogP contribution in [0.1, 0.15) is 29.3 Å². The quantitative estimate of drug-likeness (QED) is 0.119. The topological polar surface area (TPSA) is 84.7 Å². The lowest BCUT2D eigenvalue weighted by molar-refractivity contribution is -0.132. The standard InChI is InChI=1S/C35H31Cl2FN4O3/c1-22-29(28-10-6-7-11-32(28)42(22)21-25-12-15-27(38)16-13-25)20-39-41-35(44)31(18-24-8-4-3-5-9-24)40-34(43)23(2)45-33-17-14-26(36)19-30(33)37/h3-17,19-20,23,31H,18,21H2,1-2H3,(H,40,43)(H,41,44)/b39-20-/t23-,31+/m0/s1. The molecule has 1 aromatic heterocycles. The van der Waals surface area contributed by atoms with Gasteiger partial charge in [0.1, 0.15) is 17.6 Å². The Balaban J connectivity index is 1.33. The largest absolute Gasteiger partial charge is 0.479 e. The van der Waals surface area contributed by atoms with Crippen LogP contribution in [-0.2, 0) is 22.6 Å². The van der Waals surface area contributed by atoms with Gasteiger partial charge in [-0.25, -0.2) is 9.82 Å². The van der Waals surface area contributed by atoms with Gasteiger partial charge in [-0.1, -0.05) is 83.9 Å². The van der Waals surface area contributed by atoms with Gasteiger partial charge in [-0.15, -0.1) is 0 Å². The molecule has 0 spiro atoms. The van der Waals surface area contributed by atoms with Crippen molar-refractivity contribution >= 4 is 52.1 Å². The average molecular weight is 646 g/mol. The van der Waals surface area contributed by atoms with Crippen LogP contribution in [0.2, 0.25) is 10.0 Å². The third-order valence-corrected chi connectivity index (χ3v) is 7.92. The highest BCUT2D eigenvalue weighted by atomic mass is 35.5. The van der Waals surface area contributed by atoms with Gasteiger partial charge in [-0.05, 0) is 61.4 Å². The molecular weight excluding hydrogens is 614 g/mol. The van der Waals surface area contributed by atoms with Gasteiger partial charge in [0.05, 0.1) is 11.2 Å². The van der Waals surface area contributed by atoms with Crippen molar-refractivity contribution < 1.29 is 18.7 Å². The van der Waals surface area contributed by atoms with Crippen LogP contribution in [0.4, 0.5) is 4.39 Å². The summed E-state index contributed by atoms with van der Waals surface area (Å²) in [6.07, 6.45) is 0.887. The van der Waals surface area contributed by atoms with Gasteiger partial charge in [-0.3, -0.25) is 9.59 Å². The normalized spacial score (nSPS) is 12.6. The number of nitrogens with zero attached hydrogens (tertiary/aromatic N) is 2. The lowest BCUT2D eigenvalue weighted by Gasteiger charge is -2.21. The van der Waals surface area contributed by atoms with E-state index in [1.807, 2.05) is 61.5 Å². The first-order valence-corrected chi connectivity index (χ1v) is 15.1. The number of rotatable bonds is 11. The number of amides is 2. The van der Waals surface area contributed by atoms with E-state index in [-0.39, 0.29) is 17.3 Å². The van der Waals surface area contributed by atoms with Crippen molar-refractivity contribution in [2.24, 2.45) is 5.10 Å². The Labute approximate surface area is 270 Å². The van der Waals surface area contributed by atoms with Crippen LogP contribution in [0.3, 0.4) is 0 Å². The zero-order chi connectivity index (χ0) is 31.9. The molecule has 1 heterocycles. The number of carbonyl (C=O) groups is 2. The van der Waals surface area contributed by atoms with Gasteiger partial charge >= 0.3 is 0 Å². The Morgan fingerprint density at radius 3 is 2.38 bits per heavy atom. The zero-order valence-corrected chi connectivity index (χ0v) is 26.1. The molecule has 0 bridgehead atoms. The molecule has 0 saturated heterocycles. The molecule has 0 radical (unpaired) electrons. The molecule has 2 atom stereocenters. The maximum absolute atomic E-state index is 13.5. The summed E-state index contributed by atoms with van der Waals surface area (Å²) in [4.78, 5) is 26.6. The van der Waals surface area contributed by atoms with E-state index in [9.17, 15) is 14.0 Å². The minimum Gasteiger partial charge on any atom is -0.479 e. The molecule has 5 aromatic rings. The maximum atomic E-state index is 13.5. The molecule has 4 aromatic carbocycles. The molecule has 45 heavy (non-hydrogen) atoms. The van der Waals surface area contributed by atoms with Crippen LogP contribution < -0.4 is 15.5 Å². The van der Waals surface area contributed by atoms with Gasteiger partial charge in [0.15, 0.2) is 6.10 Å². The van der Waals surface area contributed by atoms with Crippen LogP contribution in [0.15, 0.2) is 102 Å². The number of ether oxygens (including phenoxy) is 1. The number of benzene rings is 4. The predicted octanol–water partition coefficient (Wildman–Crippen LogP) is 7.09. The average Bonchev–Trinajstić information content (AvgIpc) is 3.29. The van der Waals surface area contributed by atoms with Crippen molar-refractivity contribution in [3.8, 4) is 5.75 Å². The van der Waals surface area contributed by atoms with Gasteiger partial charge in [0.2, 0.25) is 0 Å². The summed E-state index contributed by atoms with van der Waals surface area (Å²) in [6.45, 7) is 4.08. The minimum atomic E-state index is -0.951. The summed E-state index contributed by atoms with van der Waals surface area (Å²) < 4.78 is 21.3. The Hall–Kier alpha value is -4.66. The van der Waals surface area contributed by atoms with E-state index in [0.717, 1.165) is 33.3 Å². The molecule has 5 rings (SSSR count). The number of halogens is 3. The van der Waals surface area contributed by atoms with E-state index in [1.54, 1.807) is 37.4 Å². The summed E-state index contributed by atoms with van der Waals surface area (Å²) in [5.74, 6) is -0.980. The summed E-state index contributed by atoms with van der Waals surface area (Å²) in [5, 5.41) is 8.74. The van der Waals surface area contributed by atoms with Crippen molar-refractivity contribution in [3.63, 3.8) is 0 Å². The first kappa shape index (κ1) is 31.8.